The van der Waals surface area contributed by atoms with Gasteiger partial charge in [0.05, 0.1) is 6.10 Å². The van der Waals surface area contributed by atoms with Crippen molar-refractivity contribution < 1.29 is 14.3 Å². The molecule has 6 nitrogen and oxygen atoms in total. The summed E-state index contributed by atoms with van der Waals surface area (Å²) in [5, 5.41) is 5.53. The lowest BCUT2D eigenvalue weighted by atomic mass is 10.1. The van der Waals surface area contributed by atoms with Crippen molar-refractivity contribution in [1.82, 2.24) is 15.6 Å². The van der Waals surface area contributed by atoms with E-state index >= 15 is 0 Å². The van der Waals surface area contributed by atoms with E-state index < -0.39 is 6.04 Å². The SMILES string of the molecule is CC(C)Oc1cccc(C(=O)NC2CCCCNC2=O)n1. The normalized spacial score (nSPS) is 18.8. The lowest BCUT2D eigenvalue weighted by Gasteiger charge is -2.15. The van der Waals surface area contributed by atoms with Gasteiger partial charge >= 0.3 is 0 Å². The fraction of sp³-hybridized carbons (Fsp3) is 0.533. The van der Waals surface area contributed by atoms with Crippen LogP contribution >= 0.6 is 0 Å². The molecule has 0 radical (unpaired) electrons. The average Bonchev–Trinajstić information content (AvgIpc) is 2.64. The lowest BCUT2D eigenvalue weighted by molar-refractivity contribution is -0.122. The quantitative estimate of drug-likeness (QED) is 0.875. The first-order valence-electron chi connectivity index (χ1n) is 7.28. The molecule has 2 N–H and O–H groups in total. The zero-order chi connectivity index (χ0) is 15.2. The predicted octanol–water partition coefficient (Wildman–Crippen LogP) is 1.27. The summed E-state index contributed by atoms with van der Waals surface area (Å²) in [4.78, 5) is 28.2. The Morgan fingerprint density at radius 3 is 3.00 bits per heavy atom. The molecular weight excluding hydrogens is 270 g/mol. The molecule has 0 saturated carbocycles. The molecule has 1 aliphatic heterocycles. The Morgan fingerprint density at radius 2 is 2.24 bits per heavy atom. The van der Waals surface area contributed by atoms with Crippen LogP contribution in [0.5, 0.6) is 5.88 Å². The second-order valence-corrected chi connectivity index (χ2v) is 5.34. The van der Waals surface area contributed by atoms with Crippen molar-refractivity contribution in [2.45, 2.75) is 45.3 Å². The Kier molecular flexibility index (Phi) is 5.14. The first kappa shape index (κ1) is 15.3. The van der Waals surface area contributed by atoms with Crippen molar-refractivity contribution >= 4 is 11.8 Å². The monoisotopic (exact) mass is 291 g/mol. The number of rotatable bonds is 4. The molecule has 1 aliphatic rings. The van der Waals surface area contributed by atoms with E-state index in [2.05, 4.69) is 15.6 Å². The number of nitrogens with zero attached hydrogens (tertiary/aromatic N) is 1. The summed E-state index contributed by atoms with van der Waals surface area (Å²) in [6.07, 6.45) is 2.49. The third-order valence-corrected chi connectivity index (χ3v) is 3.15. The molecule has 2 amide bonds. The molecule has 6 heteroatoms. The van der Waals surface area contributed by atoms with Crippen LogP contribution in [-0.2, 0) is 4.79 Å². The van der Waals surface area contributed by atoms with E-state index in [-0.39, 0.29) is 23.6 Å². The van der Waals surface area contributed by atoms with Gasteiger partial charge in [0, 0.05) is 12.6 Å². The second-order valence-electron chi connectivity index (χ2n) is 5.34. The maximum atomic E-state index is 12.2. The Balaban J connectivity index is 2.03. The number of carbonyl (C=O) groups is 2. The molecule has 1 unspecified atom stereocenters. The van der Waals surface area contributed by atoms with Gasteiger partial charge in [-0.3, -0.25) is 9.59 Å². The molecular formula is C15H21N3O3. The smallest absolute Gasteiger partial charge is 0.270 e. The number of nitrogens with one attached hydrogen (secondary N) is 2. The number of pyridine rings is 1. The third kappa shape index (κ3) is 4.44. The standard InChI is InChI=1S/C15H21N3O3/c1-10(2)21-13-8-5-7-12(17-13)15(20)18-11-6-3-4-9-16-14(11)19/h5,7-8,10-11H,3-4,6,9H2,1-2H3,(H,16,19)(H,18,20). The van der Waals surface area contributed by atoms with E-state index in [1.807, 2.05) is 13.8 Å². The molecule has 1 aromatic heterocycles. The maximum Gasteiger partial charge on any atom is 0.270 e. The minimum absolute atomic E-state index is 0.0107. The third-order valence-electron chi connectivity index (χ3n) is 3.15. The number of ether oxygens (including phenoxy) is 1. The van der Waals surface area contributed by atoms with Gasteiger partial charge in [0.15, 0.2) is 0 Å². The molecule has 0 bridgehead atoms. The summed E-state index contributed by atoms with van der Waals surface area (Å²) in [5.74, 6) is -0.0790. The summed E-state index contributed by atoms with van der Waals surface area (Å²) in [6, 6.07) is 4.54. The minimum Gasteiger partial charge on any atom is -0.475 e. The molecule has 0 aromatic carbocycles. The number of carbonyl (C=O) groups excluding carboxylic acids is 2. The zero-order valence-corrected chi connectivity index (χ0v) is 12.4. The van der Waals surface area contributed by atoms with E-state index in [0.29, 0.717) is 18.8 Å². The van der Waals surface area contributed by atoms with Crippen molar-refractivity contribution in [3.8, 4) is 5.88 Å². The van der Waals surface area contributed by atoms with Gasteiger partial charge in [-0.05, 0) is 39.2 Å². The fourth-order valence-corrected chi connectivity index (χ4v) is 2.16. The Morgan fingerprint density at radius 1 is 1.43 bits per heavy atom. The summed E-state index contributed by atoms with van der Waals surface area (Å²) < 4.78 is 5.47. The summed E-state index contributed by atoms with van der Waals surface area (Å²) in [5.41, 5.74) is 0.255. The van der Waals surface area contributed by atoms with Gasteiger partial charge in [0.1, 0.15) is 11.7 Å². The van der Waals surface area contributed by atoms with Crippen LogP contribution in [-0.4, -0.2) is 35.5 Å². The van der Waals surface area contributed by atoms with Gasteiger partial charge in [0.2, 0.25) is 11.8 Å². The van der Waals surface area contributed by atoms with E-state index in [1.54, 1.807) is 18.2 Å². The van der Waals surface area contributed by atoms with Crippen molar-refractivity contribution in [3.63, 3.8) is 0 Å². The van der Waals surface area contributed by atoms with Crippen LogP contribution in [0.4, 0.5) is 0 Å². The van der Waals surface area contributed by atoms with Gasteiger partial charge < -0.3 is 15.4 Å². The van der Waals surface area contributed by atoms with E-state index in [4.69, 9.17) is 4.74 Å². The van der Waals surface area contributed by atoms with Gasteiger partial charge in [-0.15, -0.1) is 0 Å². The van der Waals surface area contributed by atoms with Crippen LogP contribution in [0.15, 0.2) is 18.2 Å². The molecule has 0 aliphatic carbocycles. The van der Waals surface area contributed by atoms with Crippen LogP contribution in [0, 0.1) is 0 Å². The van der Waals surface area contributed by atoms with Crippen molar-refractivity contribution in [3.05, 3.63) is 23.9 Å². The minimum atomic E-state index is -0.489. The largest absolute Gasteiger partial charge is 0.475 e. The highest BCUT2D eigenvalue weighted by molar-refractivity contribution is 5.96. The second kappa shape index (κ2) is 7.06. The number of hydrogen-bond donors (Lipinski definition) is 2. The summed E-state index contributed by atoms with van der Waals surface area (Å²) in [6.45, 7) is 4.45. The predicted molar refractivity (Wildman–Crippen MR) is 78.1 cm³/mol. The van der Waals surface area contributed by atoms with Crippen LogP contribution < -0.4 is 15.4 Å². The van der Waals surface area contributed by atoms with Crippen LogP contribution in [0.1, 0.15) is 43.6 Å². The van der Waals surface area contributed by atoms with Gasteiger partial charge in [-0.1, -0.05) is 6.07 Å². The molecule has 1 aromatic rings. The fourth-order valence-electron chi connectivity index (χ4n) is 2.16. The van der Waals surface area contributed by atoms with E-state index in [0.717, 1.165) is 12.8 Å². The molecule has 1 saturated heterocycles. The van der Waals surface area contributed by atoms with Gasteiger partial charge in [-0.25, -0.2) is 4.98 Å². The van der Waals surface area contributed by atoms with Crippen LogP contribution in [0.2, 0.25) is 0 Å². The first-order valence-corrected chi connectivity index (χ1v) is 7.28. The number of amides is 2. The molecule has 2 rings (SSSR count). The summed E-state index contributed by atoms with van der Waals surface area (Å²) >= 11 is 0. The highest BCUT2D eigenvalue weighted by Crippen LogP contribution is 2.11. The zero-order valence-electron chi connectivity index (χ0n) is 12.4. The van der Waals surface area contributed by atoms with Crippen molar-refractivity contribution in [2.24, 2.45) is 0 Å². The highest BCUT2D eigenvalue weighted by Gasteiger charge is 2.23. The van der Waals surface area contributed by atoms with Crippen molar-refractivity contribution in [2.75, 3.05) is 6.54 Å². The van der Waals surface area contributed by atoms with E-state index in [1.165, 1.54) is 0 Å². The maximum absolute atomic E-state index is 12.2. The molecule has 114 valence electrons. The first-order chi connectivity index (χ1) is 10.1. The molecule has 2 heterocycles. The van der Waals surface area contributed by atoms with Crippen LogP contribution in [0.3, 0.4) is 0 Å². The number of aromatic nitrogens is 1. The average molecular weight is 291 g/mol. The molecule has 21 heavy (non-hydrogen) atoms. The van der Waals surface area contributed by atoms with Crippen LogP contribution in [0.25, 0.3) is 0 Å². The van der Waals surface area contributed by atoms with Gasteiger partial charge in [0.25, 0.3) is 5.91 Å². The Bertz CT molecular complexity index is 517. The molecule has 1 fully saturated rings. The summed E-state index contributed by atoms with van der Waals surface area (Å²) in [7, 11) is 0. The highest BCUT2D eigenvalue weighted by atomic mass is 16.5. The van der Waals surface area contributed by atoms with E-state index in [9.17, 15) is 9.59 Å². The Labute approximate surface area is 124 Å². The van der Waals surface area contributed by atoms with Gasteiger partial charge in [-0.2, -0.15) is 0 Å². The Hall–Kier alpha value is -2.11. The van der Waals surface area contributed by atoms with Crippen molar-refractivity contribution in [1.29, 1.82) is 0 Å². The number of hydrogen-bond acceptors (Lipinski definition) is 4. The molecule has 1 atom stereocenters. The molecule has 0 spiro atoms. The lowest BCUT2D eigenvalue weighted by Crippen LogP contribution is -2.45. The topological polar surface area (TPSA) is 80.3 Å².